The van der Waals surface area contributed by atoms with Crippen molar-refractivity contribution in [1.82, 2.24) is 0 Å². The standard InChI is InChI=1S/C6H8B2O6/c9-7(10)13-5-1-2-6(4-3-5)14-8(11)12/h1-4,9-12H. The minimum Gasteiger partial charge on any atom is -0.512 e. The van der Waals surface area contributed by atoms with Gasteiger partial charge in [0.05, 0.1) is 0 Å². The number of hydrogen-bond acceptors (Lipinski definition) is 6. The van der Waals surface area contributed by atoms with Crippen LogP contribution in [-0.4, -0.2) is 34.7 Å². The van der Waals surface area contributed by atoms with Crippen molar-refractivity contribution in [2.75, 3.05) is 0 Å². The van der Waals surface area contributed by atoms with Gasteiger partial charge in [0.25, 0.3) is 0 Å². The molecular formula is C6H8B2O6. The van der Waals surface area contributed by atoms with Crippen molar-refractivity contribution in [3.8, 4) is 11.5 Å². The maximum absolute atomic E-state index is 8.44. The van der Waals surface area contributed by atoms with Gasteiger partial charge in [-0.1, -0.05) is 0 Å². The van der Waals surface area contributed by atoms with E-state index in [2.05, 4.69) is 9.31 Å². The Bertz CT molecular complexity index is 245. The molecule has 0 heterocycles. The lowest BCUT2D eigenvalue weighted by Gasteiger charge is -2.06. The second-order valence-electron chi connectivity index (χ2n) is 2.36. The molecule has 8 heteroatoms. The molecule has 0 aliphatic heterocycles. The molecule has 0 aliphatic carbocycles. The zero-order valence-electron chi connectivity index (χ0n) is 7.07. The first-order valence-corrected chi connectivity index (χ1v) is 3.73. The minimum atomic E-state index is -1.88. The molecule has 0 atom stereocenters. The van der Waals surface area contributed by atoms with Crippen LogP contribution in [-0.2, 0) is 0 Å². The first-order valence-electron chi connectivity index (χ1n) is 3.73. The van der Waals surface area contributed by atoms with Crippen LogP contribution >= 0.6 is 0 Å². The van der Waals surface area contributed by atoms with Crippen molar-refractivity contribution in [2.45, 2.75) is 0 Å². The Hall–Kier alpha value is -1.21. The largest absolute Gasteiger partial charge is 0.707 e. The summed E-state index contributed by atoms with van der Waals surface area (Å²) in [5, 5.41) is 33.8. The van der Waals surface area contributed by atoms with Gasteiger partial charge < -0.3 is 29.4 Å². The number of hydrogen-bond donors (Lipinski definition) is 4. The molecule has 0 aromatic heterocycles. The van der Waals surface area contributed by atoms with E-state index < -0.39 is 14.6 Å². The molecule has 74 valence electrons. The van der Waals surface area contributed by atoms with Gasteiger partial charge in [-0.15, -0.1) is 0 Å². The van der Waals surface area contributed by atoms with Crippen LogP contribution in [0.4, 0.5) is 0 Å². The molecule has 0 fully saturated rings. The molecule has 0 amide bonds. The normalized spacial score (nSPS) is 9.43. The number of benzene rings is 1. The van der Waals surface area contributed by atoms with Crippen LogP contribution < -0.4 is 9.31 Å². The first kappa shape index (κ1) is 10.9. The predicted octanol–water partition coefficient (Wildman–Crippen LogP) is -1.62. The maximum atomic E-state index is 8.44. The Labute approximate surface area is 80.7 Å². The fourth-order valence-electron chi connectivity index (χ4n) is 0.840. The lowest BCUT2D eigenvalue weighted by Crippen LogP contribution is -2.21. The first-order chi connectivity index (χ1) is 6.58. The lowest BCUT2D eigenvalue weighted by molar-refractivity contribution is 0.283. The van der Waals surface area contributed by atoms with Gasteiger partial charge >= 0.3 is 14.6 Å². The molecule has 1 aromatic carbocycles. The van der Waals surface area contributed by atoms with Crippen LogP contribution in [0.2, 0.25) is 0 Å². The van der Waals surface area contributed by atoms with Crippen LogP contribution in [0.25, 0.3) is 0 Å². The highest BCUT2D eigenvalue weighted by molar-refractivity contribution is 6.34. The van der Waals surface area contributed by atoms with E-state index in [4.69, 9.17) is 20.1 Å². The Morgan fingerprint density at radius 3 is 1.21 bits per heavy atom. The molecular weight excluding hydrogens is 190 g/mol. The van der Waals surface area contributed by atoms with Gasteiger partial charge in [-0.25, -0.2) is 0 Å². The van der Waals surface area contributed by atoms with Crippen LogP contribution in [0, 0.1) is 0 Å². The van der Waals surface area contributed by atoms with Crippen molar-refractivity contribution < 1.29 is 29.4 Å². The van der Waals surface area contributed by atoms with Gasteiger partial charge in [-0.2, -0.15) is 0 Å². The lowest BCUT2D eigenvalue weighted by atomic mass is 10.2. The molecule has 0 bridgehead atoms. The Morgan fingerprint density at radius 1 is 0.714 bits per heavy atom. The number of rotatable bonds is 4. The third-order valence-corrected chi connectivity index (χ3v) is 1.31. The Morgan fingerprint density at radius 2 is 1.00 bits per heavy atom. The van der Waals surface area contributed by atoms with Crippen LogP contribution in [0.1, 0.15) is 0 Å². The maximum Gasteiger partial charge on any atom is 0.707 e. The molecule has 0 unspecified atom stereocenters. The Kier molecular flexibility index (Phi) is 3.78. The molecule has 6 nitrogen and oxygen atoms in total. The van der Waals surface area contributed by atoms with Gasteiger partial charge in [0.15, 0.2) is 0 Å². The zero-order valence-corrected chi connectivity index (χ0v) is 7.07. The fourth-order valence-corrected chi connectivity index (χ4v) is 0.840. The highest BCUT2D eigenvalue weighted by atomic mass is 16.6. The van der Waals surface area contributed by atoms with E-state index >= 15 is 0 Å². The molecule has 0 radical (unpaired) electrons. The summed E-state index contributed by atoms with van der Waals surface area (Å²) in [6, 6.07) is 5.54. The summed E-state index contributed by atoms with van der Waals surface area (Å²) in [4.78, 5) is 0. The van der Waals surface area contributed by atoms with Crippen LogP contribution in [0.3, 0.4) is 0 Å². The van der Waals surface area contributed by atoms with Gasteiger partial charge in [-0.3, -0.25) is 0 Å². The molecule has 14 heavy (non-hydrogen) atoms. The van der Waals surface area contributed by atoms with E-state index in [-0.39, 0.29) is 11.5 Å². The summed E-state index contributed by atoms with van der Waals surface area (Å²) in [5.41, 5.74) is 0. The second-order valence-corrected chi connectivity index (χ2v) is 2.36. The van der Waals surface area contributed by atoms with E-state index in [1.165, 1.54) is 24.3 Å². The van der Waals surface area contributed by atoms with Crippen molar-refractivity contribution in [3.05, 3.63) is 24.3 Å². The van der Waals surface area contributed by atoms with Crippen molar-refractivity contribution >= 4 is 14.6 Å². The minimum absolute atomic E-state index is 0.222. The van der Waals surface area contributed by atoms with Crippen molar-refractivity contribution in [3.63, 3.8) is 0 Å². The van der Waals surface area contributed by atoms with E-state index in [9.17, 15) is 0 Å². The summed E-state index contributed by atoms with van der Waals surface area (Å²) in [7, 11) is -3.77. The summed E-state index contributed by atoms with van der Waals surface area (Å²) in [6.07, 6.45) is 0. The van der Waals surface area contributed by atoms with Crippen LogP contribution in [0.15, 0.2) is 24.3 Å². The molecule has 0 spiro atoms. The summed E-state index contributed by atoms with van der Waals surface area (Å²) in [6.45, 7) is 0. The molecule has 0 saturated heterocycles. The zero-order chi connectivity index (χ0) is 10.6. The average molecular weight is 198 g/mol. The van der Waals surface area contributed by atoms with Crippen LogP contribution in [0.5, 0.6) is 11.5 Å². The molecule has 1 rings (SSSR count). The molecule has 0 saturated carbocycles. The summed E-state index contributed by atoms with van der Waals surface area (Å²) in [5.74, 6) is 0.444. The molecule has 4 N–H and O–H groups in total. The molecule has 0 aliphatic rings. The average Bonchev–Trinajstić information content (AvgIpc) is 2.06. The quantitative estimate of drug-likeness (QED) is 0.434. The molecule has 1 aromatic rings. The monoisotopic (exact) mass is 198 g/mol. The highest BCUT2D eigenvalue weighted by Crippen LogP contribution is 2.17. The predicted molar refractivity (Wildman–Crippen MR) is 48.1 cm³/mol. The van der Waals surface area contributed by atoms with E-state index in [1.54, 1.807) is 0 Å². The van der Waals surface area contributed by atoms with E-state index in [1.807, 2.05) is 0 Å². The van der Waals surface area contributed by atoms with Gasteiger partial charge in [0.2, 0.25) is 0 Å². The SMILES string of the molecule is OB(O)Oc1ccc(OB(O)O)cc1. The third-order valence-electron chi connectivity index (χ3n) is 1.31. The van der Waals surface area contributed by atoms with E-state index in [0.29, 0.717) is 0 Å². The topological polar surface area (TPSA) is 99.4 Å². The second kappa shape index (κ2) is 4.87. The highest BCUT2D eigenvalue weighted by Gasteiger charge is 2.13. The summed E-state index contributed by atoms with van der Waals surface area (Å²) < 4.78 is 9.01. The smallest absolute Gasteiger partial charge is 0.512 e. The van der Waals surface area contributed by atoms with Gasteiger partial charge in [0.1, 0.15) is 11.5 Å². The third kappa shape index (κ3) is 3.67. The Balaban J connectivity index is 2.59. The van der Waals surface area contributed by atoms with Crippen molar-refractivity contribution in [2.24, 2.45) is 0 Å². The van der Waals surface area contributed by atoms with Crippen molar-refractivity contribution in [1.29, 1.82) is 0 Å². The van der Waals surface area contributed by atoms with E-state index in [0.717, 1.165) is 0 Å². The van der Waals surface area contributed by atoms with Gasteiger partial charge in [0, 0.05) is 0 Å². The summed E-state index contributed by atoms with van der Waals surface area (Å²) >= 11 is 0. The fraction of sp³-hybridized carbons (Fsp3) is 0. The van der Waals surface area contributed by atoms with Gasteiger partial charge in [-0.05, 0) is 24.3 Å².